The minimum Gasteiger partial charge on any atom is -0.470 e. The quantitative estimate of drug-likeness (QED) is 0.568. The van der Waals surface area contributed by atoms with Crippen LogP contribution in [0.4, 0.5) is 0 Å². The Kier molecular flexibility index (Phi) is 1.46. The lowest BCUT2D eigenvalue weighted by atomic mass is 10.0. The molecule has 0 saturated heterocycles. The second kappa shape index (κ2) is 2.64. The third kappa shape index (κ3) is 1.00. The van der Waals surface area contributed by atoms with Crippen LogP contribution in [0.15, 0.2) is 35.3 Å². The molecule has 0 aromatic rings. The molecule has 0 saturated carbocycles. The molecule has 0 aromatic carbocycles. The van der Waals surface area contributed by atoms with E-state index >= 15 is 0 Å². The van der Waals surface area contributed by atoms with Crippen molar-refractivity contribution in [3.05, 3.63) is 35.3 Å². The van der Waals surface area contributed by atoms with Crippen LogP contribution in [0.5, 0.6) is 0 Å². The van der Waals surface area contributed by atoms with Crippen molar-refractivity contribution in [1.29, 1.82) is 0 Å². The molecular formula is C10H12N2O. The maximum atomic E-state index is 5.78. The van der Waals surface area contributed by atoms with Gasteiger partial charge in [-0.05, 0) is 12.3 Å². The van der Waals surface area contributed by atoms with Gasteiger partial charge in [0.05, 0.1) is 0 Å². The van der Waals surface area contributed by atoms with Crippen molar-refractivity contribution in [2.75, 3.05) is 13.1 Å². The Bertz CT molecular complexity index is 328. The topological polar surface area (TPSA) is 33.3 Å². The molecule has 0 radical (unpaired) electrons. The van der Waals surface area contributed by atoms with Crippen molar-refractivity contribution in [2.24, 2.45) is 0 Å². The van der Waals surface area contributed by atoms with E-state index in [9.17, 15) is 0 Å². The third-order valence-electron chi connectivity index (χ3n) is 2.68. The molecule has 0 aliphatic carbocycles. The van der Waals surface area contributed by atoms with Crippen LogP contribution >= 0.6 is 0 Å². The molecule has 13 heavy (non-hydrogen) atoms. The van der Waals surface area contributed by atoms with Crippen LogP contribution in [0.2, 0.25) is 0 Å². The van der Waals surface area contributed by atoms with Crippen LogP contribution in [0, 0.1) is 0 Å². The number of hydrogen-bond acceptors (Lipinski definition) is 3. The van der Waals surface area contributed by atoms with Crippen molar-refractivity contribution in [2.45, 2.75) is 12.6 Å². The first-order chi connectivity index (χ1) is 6.45. The van der Waals surface area contributed by atoms with E-state index in [4.69, 9.17) is 4.74 Å². The Morgan fingerprint density at radius 1 is 1.46 bits per heavy atom. The molecule has 0 aromatic heterocycles. The van der Waals surface area contributed by atoms with E-state index in [1.807, 2.05) is 12.3 Å². The summed E-state index contributed by atoms with van der Waals surface area (Å²) in [7, 11) is 0. The number of fused-ring (bicyclic) bond motifs is 2. The number of dihydropyridines is 1. The zero-order chi connectivity index (χ0) is 8.67. The lowest BCUT2D eigenvalue weighted by Crippen LogP contribution is -2.28. The van der Waals surface area contributed by atoms with Crippen LogP contribution < -0.4 is 10.6 Å². The fourth-order valence-electron chi connectivity index (χ4n) is 2.03. The van der Waals surface area contributed by atoms with E-state index in [-0.39, 0.29) is 6.23 Å². The largest absolute Gasteiger partial charge is 0.470 e. The summed E-state index contributed by atoms with van der Waals surface area (Å²) in [6, 6.07) is 0. The number of rotatable bonds is 0. The lowest BCUT2D eigenvalue weighted by molar-refractivity contribution is 0.140. The van der Waals surface area contributed by atoms with E-state index in [2.05, 4.69) is 16.7 Å². The predicted octanol–water partition coefficient (Wildman–Crippen LogP) is 0.633. The highest BCUT2D eigenvalue weighted by atomic mass is 16.5. The SMILES string of the molecule is C1=CNC2OC3=C(CNCC3)C2=C1. The second-order valence-electron chi connectivity index (χ2n) is 3.47. The van der Waals surface area contributed by atoms with Gasteiger partial charge in [0.1, 0.15) is 5.76 Å². The van der Waals surface area contributed by atoms with Gasteiger partial charge in [-0.3, -0.25) is 0 Å². The minimum atomic E-state index is 0.0786. The minimum absolute atomic E-state index is 0.0786. The maximum Gasteiger partial charge on any atom is 0.195 e. The second-order valence-corrected chi connectivity index (χ2v) is 3.47. The van der Waals surface area contributed by atoms with Crippen molar-refractivity contribution in [1.82, 2.24) is 10.6 Å². The van der Waals surface area contributed by atoms with Crippen LogP contribution in [-0.2, 0) is 4.74 Å². The highest BCUT2D eigenvalue weighted by Gasteiger charge is 2.32. The average molecular weight is 176 g/mol. The lowest BCUT2D eigenvalue weighted by Gasteiger charge is -2.16. The van der Waals surface area contributed by atoms with Gasteiger partial charge in [-0.15, -0.1) is 0 Å². The molecule has 68 valence electrons. The Labute approximate surface area is 77.2 Å². The maximum absolute atomic E-state index is 5.78. The summed E-state index contributed by atoms with van der Waals surface area (Å²) in [5.41, 5.74) is 2.65. The molecule has 0 bridgehead atoms. The van der Waals surface area contributed by atoms with Crippen molar-refractivity contribution in [3.63, 3.8) is 0 Å². The fraction of sp³-hybridized carbons (Fsp3) is 0.400. The third-order valence-corrected chi connectivity index (χ3v) is 2.68. The molecule has 1 unspecified atom stereocenters. The van der Waals surface area contributed by atoms with Gasteiger partial charge in [0, 0.05) is 30.7 Å². The van der Waals surface area contributed by atoms with E-state index in [1.165, 1.54) is 16.9 Å². The zero-order valence-electron chi connectivity index (χ0n) is 7.34. The molecule has 1 atom stereocenters. The molecule has 3 nitrogen and oxygen atoms in total. The number of nitrogens with one attached hydrogen (secondary N) is 2. The highest BCUT2D eigenvalue weighted by molar-refractivity contribution is 5.46. The summed E-state index contributed by atoms with van der Waals surface area (Å²) >= 11 is 0. The molecule has 0 amide bonds. The predicted molar refractivity (Wildman–Crippen MR) is 49.7 cm³/mol. The van der Waals surface area contributed by atoms with Gasteiger partial charge < -0.3 is 15.4 Å². The monoisotopic (exact) mass is 176 g/mol. The Morgan fingerprint density at radius 3 is 3.46 bits per heavy atom. The van der Waals surface area contributed by atoms with E-state index in [1.54, 1.807) is 0 Å². The summed E-state index contributed by atoms with van der Waals surface area (Å²) in [6.45, 7) is 1.99. The molecule has 3 heteroatoms. The van der Waals surface area contributed by atoms with Gasteiger partial charge in [0.2, 0.25) is 0 Å². The number of hydrogen-bond donors (Lipinski definition) is 2. The van der Waals surface area contributed by atoms with Crippen molar-refractivity contribution < 1.29 is 4.74 Å². The number of allylic oxidation sites excluding steroid dienone is 2. The Morgan fingerprint density at radius 2 is 2.46 bits per heavy atom. The van der Waals surface area contributed by atoms with Crippen LogP contribution in [-0.4, -0.2) is 19.3 Å². The molecule has 0 spiro atoms. The van der Waals surface area contributed by atoms with Crippen LogP contribution in [0.25, 0.3) is 0 Å². The highest BCUT2D eigenvalue weighted by Crippen LogP contribution is 2.33. The smallest absolute Gasteiger partial charge is 0.195 e. The summed E-state index contributed by atoms with van der Waals surface area (Å²) in [6.07, 6.45) is 7.19. The molecule has 3 aliphatic rings. The van der Waals surface area contributed by atoms with Crippen molar-refractivity contribution in [3.8, 4) is 0 Å². The van der Waals surface area contributed by atoms with E-state index < -0.39 is 0 Å². The summed E-state index contributed by atoms with van der Waals surface area (Å²) in [5.74, 6) is 1.17. The van der Waals surface area contributed by atoms with Gasteiger partial charge in [-0.25, -0.2) is 0 Å². The zero-order valence-corrected chi connectivity index (χ0v) is 7.34. The summed E-state index contributed by atoms with van der Waals surface area (Å²) in [4.78, 5) is 0. The number of ether oxygens (including phenoxy) is 1. The van der Waals surface area contributed by atoms with Gasteiger partial charge in [0.15, 0.2) is 6.23 Å². The van der Waals surface area contributed by atoms with Gasteiger partial charge in [0.25, 0.3) is 0 Å². The van der Waals surface area contributed by atoms with Gasteiger partial charge in [-0.2, -0.15) is 0 Å². The van der Waals surface area contributed by atoms with Crippen molar-refractivity contribution >= 4 is 0 Å². The Hall–Kier alpha value is -1.22. The standard InChI is InChI=1S/C10H12N2O/c1-2-7-8-6-11-5-3-9(8)13-10(7)12-4-1/h1-2,4,10-12H,3,5-6H2. The molecular weight excluding hydrogens is 164 g/mol. The first-order valence-corrected chi connectivity index (χ1v) is 4.68. The van der Waals surface area contributed by atoms with E-state index in [0.29, 0.717) is 0 Å². The summed E-state index contributed by atoms with van der Waals surface area (Å²) < 4.78 is 5.78. The van der Waals surface area contributed by atoms with Crippen LogP contribution in [0.1, 0.15) is 6.42 Å². The molecule has 3 heterocycles. The normalized spacial score (nSPS) is 30.2. The summed E-state index contributed by atoms with van der Waals surface area (Å²) in [5, 5.41) is 6.56. The molecule has 3 rings (SSSR count). The van der Waals surface area contributed by atoms with Gasteiger partial charge >= 0.3 is 0 Å². The molecule has 0 fully saturated rings. The van der Waals surface area contributed by atoms with Crippen LogP contribution in [0.3, 0.4) is 0 Å². The molecule has 3 aliphatic heterocycles. The average Bonchev–Trinajstić information content (AvgIpc) is 2.56. The Balaban J connectivity index is 2.00. The van der Waals surface area contributed by atoms with E-state index in [0.717, 1.165) is 19.5 Å². The molecule has 2 N–H and O–H groups in total. The first kappa shape index (κ1) is 7.21. The van der Waals surface area contributed by atoms with Gasteiger partial charge in [-0.1, -0.05) is 6.08 Å². The fourth-order valence-corrected chi connectivity index (χ4v) is 2.03. The first-order valence-electron chi connectivity index (χ1n) is 4.68.